The molecule has 1 amide bonds. The van der Waals surface area contributed by atoms with Crippen molar-refractivity contribution in [2.24, 2.45) is 5.92 Å². The first-order chi connectivity index (χ1) is 14.4. The van der Waals surface area contributed by atoms with Gasteiger partial charge in [0.2, 0.25) is 5.91 Å². The highest BCUT2D eigenvalue weighted by molar-refractivity contribution is 7.99. The van der Waals surface area contributed by atoms with Crippen LogP contribution in [0.15, 0.2) is 48.5 Å². The van der Waals surface area contributed by atoms with E-state index in [0.29, 0.717) is 11.5 Å². The molecule has 0 bridgehead atoms. The first-order valence-corrected chi connectivity index (χ1v) is 11.5. The Balaban J connectivity index is 1.44. The molecule has 1 fully saturated rings. The molecule has 1 saturated heterocycles. The Hall–Kier alpha value is -2.54. The van der Waals surface area contributed by atoms with Crippen molar-refractivity contribution < 1.29 is 9.72 Å². The molecule has 1 N–H and O–H groups in total. The van der Waals surface area contributed by atoms with Crippen molar-refractivity contribution in [3.05, 3.63) is 69.8 Å². The predicted octanol–water partition coefficient (Wildman–Crippen LogP) is 4.94. The topological polar surface area (TPSA) is 75.5 Å². The largest absolute Gasteiger partial charge is 0.371 e. The molecule has 0 aliphatic carbocycles. The highest BCUT2D eigenvalue weighted by Crippen LogP contribution is 2.25. The quantitative estimate of drug-likeness (QED) is 0.477. The van der Waals surface area contributed by atoms with Gasteiger partial charge in [0.15, 0.2) is 0 Å². The maximum Gasteiger partial charge on any atom is 0.269 e. The molecule has 0 radical (unpaired) electrons. The van der Waals surface area contributed by atoms with Gasteiger partial charge in [-0.05, 0) is 48.9 Å². The Morgan fingerprint density at radius 1 is 1.23 bits per heavy atom. The zero-order valence-corrected chi connectivity index (χ0v) is 18.4. The van der Waals surface area contributed by atoms with Gasteiger partial charge in [-0.3, -0.25) is 14.9 Å². The van der Waals surface area contributed by atoms with Gasteiger partial charge in [0.1, 0.15) is 0 Å². The predicted molar refractivity (Wildman–Crippen MR) is 123 cm³/mol. The summed E-state index contributed by atoms with van der Waals surface area (Å²) in [7, 11) is 0. The van der Waals surface area contributed by atoms with Crippen molar-refractivity contribution in [1.82, 2.24) is 5.32 Å². The number of carbonyl (C=O) groups is 1. The second kappa shape index (κ2) is 10.5. The van der Waals surface area contributed by atoms with Crippen LogP contribution in [0, 0.1) is 16.0 Å². The minimum Gasteiger partial charge on any atom is -0.371 e. The Kier molecular flexibility index (Phi) is 7.74. The number of anilines is 1. The standard InChI is InChI=1S/C23H29N3O3S/c1-17-4-3-13-25(14-17)21-11-7-20(8-12-21)18(2)24-23(27)16-30-15-19-5-9-22(10-6-19)26(28)29/h5-12,17-18H,3-4,13-16H2,1-2H3,(H,24,27)/t17-,18-/m0/s1. The number of amides is 1. The van der Waals surface area contributed by atoms with Gasteiger partial charge in [0.05, 0.1) is 16.7 Å². The number of nitro benzene ring substituents is 1. The number of non-ortho nitro benzene ring substituents is 1. The van der Waals surface area contributed by atoms with Crippen molar-refractivity contribution in [1.29, 1.82) is 0 Å². The van der Waals surface area contributed by atoms with Crippen LogP contribution in [0.2, 0.25) is 0 Å². The Morgan fingerprint density at radius 2 is 1.93 bits per heavy atom. The van der Waals surface area contributed by atoms with Gasteiger partial charge in [-0.15, -0.1) is 11.8 Å². The molecule has 0 aromatic heterocycles. The van der Waals surface area contributed by atoms with E-state index in [1.165, 1.54) is 42.4 Å². The van der Waals surface area contributed by atoms with Crippen molar-refractivity contribution in [2.45, 2.75) is 38.5 Å². The number of benzene rings is 2. The monoisotopic (exact) mass is 427 g/mol. The van der Waals surface area contributed by atoms with Crippen LogP contribution in [0.3, 0.4) is 0 Å². The number of rotatable bonds is 8. The lowest BCUT2D eigenvalue weighted by Crippen LogP contribution is -2.34. The normalized spacial score (nSPS) is 17.4. The van der Waals surface area contributed by atoms with Gasteiger partial charge in [0.25, 0.3) is 5.69 Å². The summed E-state index contributed by atoms with van der Waals surface area (Å²) in [5.74, 6) is 1.72. The molecule has 0 spiro atoms. The molecule has 2 aromatic rings. The average molecular weight is 428 g/mol. The summed E-state index contributed by atoms with van der Waals surface area (Å²) in [6, 6.07) is 14.9. The molecular formula is C23H29N3O3S. The molecule has 0 saturated carbocycles. The molecule has 1 aliphatic rings. The minimum absolute atomic E-state index is 0.0108. The van der Waals surface area contributed by atoms with Crippen molar-refractivity contribution in [2.75, 3.05) is 23.7 Å². The number of piperidine rings is 1. The zero-order chi connectivity index (χ0) is 21.5. The molecule has 1 aliphatic heterocycles. The molecule has 2 aromatic carbocycles. The van der Waals surface area contributed by atoms with Crippen molar-refractivity contribution >= 4 is 29.0 Å². The van der Waals surface area contributed by atoms with Gasteiger partial charge < -0.3 is 10.2 Å². The minimum atomic E-state index is -0.411. The molecular weight excluding hydrogens is 398 g/mol. The number of nitrogens with one attached hydrogen (secondary N) is 1. The van der Waals surface area contributed by atoms with E-state index in [1.807, 2.05) is 6.92 Å². The summed E-state index contributed by atoms with van der Waals surface area (Å²) in [5.41, 5.74) is 3.39. The maximum absolute atomic E-state index is 12.3. The molecule has 1 heterocycles. The summed E-state index contributed by atoms with van der Waals surface area (Å²) in [6.07, 6.45) is 2.55. The Labute approximate surface area is 182 Å². The lowest BCUT2D eigenvalue weighted by atomic mass is 9.99. The van der Waals surface area contributed by atoms with Crippen LogP contribution in [-0.2, 0) is 10.5 Å². The molecule has 7 heteroatoms. The van der Waals surface area contributed by atoms with Crippen molar-refractivity contribution in [3.63, 3.8) is 0 Å². The van der Waals surface area contributed by atoms with Gasteiger partial charge in [-0.1, -0.05) is 31.2 Å². The van der Waals surface area contributed by atoms with E-state index in [4.69, 9.17) is 0 Å². The highest BCUT2D eigenvalue weighted by Gasteiger charge is 2.17. The van der Waals surface area contributed by atoms with Crippen LogP contribution >= 0.6 is 11.8 Å². The van der Waals surface area contributed by atoms with Gasteiger partial charge in [0, 0.05) is 36.7 Å². The lowest BCUT2D eigenvalue weighted by molar-refractivity contribution is -0.384. The molecule has 3 rings (SSSR count). The molecule has 160 valence electrons. The summed E-state index contributed by atoms with van der Waals surface area (Å²) in [4.78, 5) is 25.0. The molecule has 2 atom stereocenters. The van der Waals surface area contributed by atoms with Crippen LogP contribution in [0.5, 0.6) is 0 Å². The van der Waals surface area contributed by atoms with E-state index in [9.17, 15) is 14.9 Å². The SMILES string of the molecule is C[C@H]1CCCN(c2ccc([C@H](C)NC(=O)CSCc3ccc([N+](=O)[O-])cc3)cc2)C1. The third kappa shape index (κ3) is 6.23. The fourth-order valence-electron chi connectivity index (χ4n) is 3.74. The Bertz CT molecular complexity index is 855. The van der Waals surface area contributed by atoms with Crippen LogP contribution in [0.25, 0.3) is 0 Å². The van der Waals surface area contributed by atoms with Crippen LogP contribution < -0.4 is 10.2 Å². The third-order valence-corrected chi connectivity index (χ3v) is 6.45. The summed E-state index contributed by atoms with van der Waals surface area (Å²) in [6.45, 7) is 6.52. The number of nitro groups is 1. The fraction of sp³-hybridized carbons (Fsp3) is 0.435. The first kappa shape index (κ1) is 22.2. The van der Waals surface area contributed by atoms with E-state index in [-0.39, 0.29) is 17.6 Å². The molecule has 30 heavy (non-hydrogen) atoms. The van der Waals surface area contributed by atoms with Crippen LogP contribution in [-0.4, -0.2) is 29.7 Å². The van der Waals surface area contributed by atoms with Crippen LogP contribution in [0.1, 0.15) is 43.9 Å². The second-order valence-electron chi connectivity index (χ2n) is 7.99. The first-order valence-electron chi connectivity index (χ1n) is 10.4. The van der Waals surface area contributed by atoms with E-state index < -0.39 is 4.92 Å². The van der Waals surface area contributed by atoms with E-state index >= 15 is 0 Å². The number of carbonyl (C=O) groups excluding carboxylic acids is 1. The van der Waals surface area contributed by atoms with E-state index in [0.717, 1.165) is 30.1 Å². The van der Waals surface area contributed by atoms with Crippen LogP contribution in [0.4, 0.5) is 11.4 Å². The lowest BCUT2D eigenvalue weighted by Gasteiger charge is -2.33. The third-order valence-electron chi connectivity index (χ3n) is 5.44. The van der Waals surface area contributed by atoms with Gasteiger partial charge >= 0.3 is 0 Å². The second-order valence-corrected chi connectivity index (χ2v) is 8.98. The number of thioether (sulfide) groups is 1. The Morgan fingerprint density at radius 3 is 2.57 bits per heavy atom. The summed E-state index contributed by atoms with van der Waals surface area (Å²) < 4.78 is 0. The number of nitrogens with zero attached hydrogens (tertiary/aromatic N) is 2. The van der Waals surface area contributed by atoms with E-state index in [1.54, 1.807) is 12.1 Å². The number of hydrogen-bond donors (Lipinski definition) is 1. The maximum atomic E-state index is 12.3. The zero-order valence-electron chi connectivity index (χ0n) is 17.5. The summed E-state index contributed by atoms with van der Waals surface area (Å²) in [5, 5.41) is 13.7. The molecule has 0 unspecified atom stereocenters. The highest BCUT2D eigenvalue weighted by atomic mass is 32.2. The number of hydrogen-bond acceptors (Lipinski definition) is 5. The average Bonchev–Trinajstić information content (AvgIpc) is 2.74. The fourth-order valence-corrected chi connectivity index (χ4v) is 4.54. The smallest absolute Gasteiger partial charge is 0.269 e. The van der Waals surface area contributed by atoms with Gasteiger partial charge in [-0.25, -0.2) is 0 Å². The van der Waals surface area contributed by atoms with Gasteiger partial charge in [-0.2, -0.15) is 0 Å². The van der Waals surface area contributed by atoms with Crippen molar-refractivity contribution in [3.8, 4) is 0 Å². The molecule has 6 nitrogen and oxygen atoms in total. The summed E-state index contributed by atoms with van der Waals surface area (Å²) >= 11 is 1.50. The van der Waals surface area contributed by atoms with E-state index in [2.05, 4.69) is 41.4 Å².